The molecule has 2 aliphatic heterocycles. The van der Waals surface area contributed by atoms with Crippen molar-refractivity contribution in [2.45, 2.75) is 18.8 Å². The molecule has 2 heterocycles. The Morgan fingerprint density at radius 3 is 2.79 bits per heavy atom. The van der Waals surface area contributed by atoms with Crippen LogP contribution in [0.4, 0.5) is 0 Å². The maximum Gasteiger partial charge on any atom is 0.0995 e. The molecule has 0 aromatic rings. The Kier molecular flexibility index (Phi) is 2.62. The van der Waals surface area contributed by atoms with Gasteiger partial charge in [-0.1, -0.05) is 18.2 Å². The van der Waals surface area contributed by atoms with Gasteiger partial charge in [-0.2, -0.15) is 0 Å². The third kappa shape index (κ3) is 1.84. The fourth-order valence-corrected chi connectivity index (χ4v) is 2.24. The minimum Gasteiger partial charge on any atom is -0.380 e. The molecule has 0 saturated carbocycles. The quantitative estimate of drug-likeness (QED) is 0.570. The maximum atomic E-state index is 5.85. The average molecular weight is 217 g/mol. The Bertz CT molecular complexity index is 238. The highest BCUT2D eigenvalue weighted by Gasteiger charge is 2.44. The molecule has 80 valence electrons. The summed E-state index contributed by atoms with van der Waals surface area (Å²) in [5.41, 5.74) is 0.358. The summed E-state index contributed by atoms with van der Waals surface area (Å²) in [6.45, 7) is 9.84. The molecule has 0 aromatic heterocycles. The molecule has 0 amide bonds. The van der Waals surface area contributed by atoms with Crippen molar-refractivity contribution in [1.29, 1.82) is 0 Å². The smallest absolute Gasteiger partial charge is 0.0995 e. The summed E-state index contributed by atoms with van der Waals surface area (Å²) in [6.07, 6.45) is 1.21. The van der Waals surface area contributed by atoms with Crippen LogP contribution in [0, 0.1) is 5.41 Å². The van der Waals surface area contributed by atoms with Crippen molar-refractivity contribution < 1.29 is 4.74 Å². The first-order valence-electron chi connectivity index (χ1n) is 5.04. The number of nitrogens with zero attached hydrogens (tertiary/aromatic N) is 1. The summed E-state index contributed by atoms with van der Waals surface area (Å²) in [5.74, 6) is 0.941. The largest absolute Gasteiger partial charge is 0.380 e. The first-order valence-corrected chi connectivity index (χ1v) is 5.47. The predicted octanol–water partition coefficient (Wildman–Crippen LogP) is 1.35. The van der Waals surface area contributed by atoms with Crippen LogP contribution in [0.1, 0.15) is 13.3 Å². The van der Waals surface area contributed by atoms with Crippen LogP contribution in [-0.4, -0.2) is 36.7 Å². The predicted molar refractivity (Wildman–Crippen MR) is 57.0 cm³/mol. The number of rotatable bonds is 3. The van der Waals surface area contributed by atoms with E-state index in [2.05, 4.69) is 16.8 Å². The molecule has 0 bridgehead atoms. The first-order chi connectivity index (χ1) is 6.61. The maximum absolute atomic E-state index is 5.85. The fraction of sp³-hybridized carbons (Fsp3) is 0.800. The number of ether oxygens (including phenoxy) is 1. The monoisotopic (exact) mass is 216 g/mol. The average Bonchev–Trinajstić information content (AvgIpc) is 2.45. The van der Waals surface area contributed by atoms with Gasteiger partial charge in [-0.05, 0) is 13.3 Å². The van der Waals surface area contributed by atoms with E-state index in [0.29, 0.717) is 5.41 Å². The first kappa shape index (κ1) is 10.1. The minimum atomic E-state index is -0.0586. The van der Waals surface area contributed by atoms with Crippen LogP contribution in [0.25, 0.3) is 0 Å². The van der Waals surface area contributed by atoms with Gasteiger partial charge >= 0.3 is 0 Å². The molecule has 4 heteroatoms. The van der Waals surface area contributed by atoms with E-state index in [4.69, 9.17) is 16.3 Å². The molecule has 0 radical (unpaired) electrons. The van der Waals surface area contributed by atoms with Gasteiger partial charge in [-0.3, -0.25) is 0 Å². The normalized spacial score (nSPS) is 26.0. The van der Waals surface area contributed by atoms with E-state index < -0.39 is 0 Å². The second-order valence-corrected chi connectivity index (χ2v) is 5.03. The van der Waals surface area contributed by atoms with Gasteiger partial charge in [0.2, 0.25) is 0 Å². The van der Waals surface area contributed by atoms with E-state index in [1.54, 1.807) is 0 Å². The molecule has 0 aromatic carbocycles. The minimum absolute atomic E-state index is 0.0586. The van der Waals surface area contributed by atoms with Gasteiger partial charge in [-0.15, -0.1) is 0 Å². The van der Waals surface area contributed by atoms with E-state index in [1.165, 1.54) is 6.42 Å². The number of nitrogens with one attached hydrogen (secondary N) is 1. The van der Waals surface area contributed by atoms with Gasteiger partial charge in [0, 0.05) is 18.5 Å². The van der Waals surface area contributed by atoms with Crippen LogP contribution in [0.2, 0.25) is 0 Å². The highest BCUT2D eigenvalue weighted by Crippen LogP contribution is 2.38. The Labute approximate surface area is 90.0 Å². The highest BCUT2D eigenvalue weighted by molar-refractivity contribution is 6.20. The lowest BCUT2D eigenvalue weighted by Crippen LogP contribution is -2.45. The topological polar surface area (TPSA) is 24.5 Å². The number of hydrogen-bond acceptors (Lipinski definition) is 3. The summed E-state index contributed by atoms with van der Waals surface area (Å²) in [5, 5.41) is 3.13. The zero-order valence-corrected chi connectivity index (χ0v) is 9.31. The number of likely N-dealkylation sites (tertiary alicyclic amines) is 1. The third-order valence-corrected chi connectivity index (χ3v) is 3.11. The van der Waals surface area contributed by atoms with Crippen LogP contribution >= 0.6 is 11.6 Å². The fourth-order valence-electron chi connectivity index (χ4n) is 2.11. The summed E-state index contributed by atoms with van der Waals surface area (Å²) in [6, 6.07) is 0. The van der Waals surface area contributed by atoms with E-state index in [-0.39, 0.29) is 5.50 Å². The van der Waals surface area contributed by atoms with Crippen molar-refractivity contribution in [2.75, 3.05) is 26.3 Å². The van der Waals surface area contributed by atoms with Gasteiger partial charge in [-0.25, -0.2) is 0 Å². The Balaban J connectivity index is 1.85. The molecule has 14 heavy (non-hydrogen) atoms. The van der Waals surface area contributed by atoms with Gasteiger partial charge in [0.1, 0.15) is 0 Å². The Morgan fingerprint density at radius 2 is 2.36 bits per heavy atom. The van der Waals surface area contributed by atoms with Crippen molar-refractivity contribution in [2.24, 2.45) is 5.41 Å². The van der Waals surface area contributed by atoms with Crippen molar-refractivity contribution in [3.8, 4) is 0 Å². The Hall–Kier alpha value is -0.410. The van der Waals surface area contributed by atoms with E-state index in [1.807, 2.05) is 6.92 Å². The van der Waals surface area contributed by atoms with E-state index in [0.717, 1.165) is 32.1 Å². The number of halogens is 1. The van der Waals surface area contributed by atoms with Gasteiger partial charge in [0.25, 0.3) is 0 Å². The number of hydrogen-bond donors (Lipinski definition) is 1. The molecule has 2 rings (SSSR count). The molecule has 2 aliphatic rings. The zero-order valence-electron chi connectivity index (χ0n) is 8.55. The highest BCUT2D eigenvalue weighted by atomic mass is 35.5. The molecule has 0 aliphatic carbocycles. The second-order valence-electron chi connectivity index (χ2n) is 4.37. The van der Waals surface area contributed by atoms with Crippen molar-refractivity contribution in [3.05, 3.63) is 12.4 Å². The molecule has 2 saturated heterocycles. The van der Waals surface area contributed by atoms with Crippen molar-refractivity contribution >= 4 is 11.6 Å². The SMILES string of the molecule is C=C(NC(C)Cl)N1CCC2(COC2)C1. The third-order valence-electron chi connectivity index (χ3n) is 3.00. The standard InChI is InChI=1S/C10H17ClN2O/c1-8(11)12-9(2)13-4-3-10(5-13)6-14-7-10/h8,12H,2-7H2,1H3. The zero-order chi connectivity index (χ0) is 10.2. The Morgan fingerprint density at radius 1 is 1.64 bits per heavy atom. The summed E-state index contributed by atoms with van der Waals surface area (Å²) in [4.78, 5) is 2.27. The second kappa shape index (κ2) is 3.63. The molecule has 1 unspecified atom stereocenters. The molecule has 1 atom stereocenters. The van der Waals surface area contributed by atoms with E-state index >= 15 is 0 Å². The molecule has 1 N–H and O–H groups in total. The number of alkyl halides is 1. The summed E-state index contributed by atoms with van der Waals surface area (Å²) < 4.78 is 5.27. The lowest BCUT2D eigenvalue weighted by Gasteiger charge is -2.38. The molecular weight excluding hydrogens is 200 g/mol. The lowest BCUT2D eigenvalue weighted by atomic mass is 9.85. The van der Waals surface area contributed by atoms with Crippen LogP contribution in [0.15, 0.2) is 12.4 Å². The summed E-state index contributed by atoms with van der Waals surface area (Å²) >= 11 is 5.85. The molecule has 3 nitrogen and oxygen atoms in total. The lowest BCUT2D eigenvalue weighted by molar-refractivity contribution is -0.104. The molecule has 1 spiro atoms. The van der Waals surface area contributed by atoms with Crippen LogP contribution < -0.4 is 5.32 Å². The van der Waals surface area contributed by atoms with Crippen molar-refractivity contribution in [3.63, 3.8) is 0 Å². The van der Waals surface area contributed by atoms with Crippen LogP contribution in [0.5, 0.6) is 0 Å². The summed E-state index contributed by atoms with van der Waals surface area (Å²) in [7, 11) is 0. The van der Waals surface area contributed by atoms with E-state index in [9.17, 15) is 0 Å². The van der Waals surface area contributed by atoms with Gasteiger partial charge in [0.05, 0.1) is 24.5 Å². The van der Waals surface area contributed by atoms with Gasteiger partial charge < -0.3 is 15.0 Å². The van der Waals surface area contributed by atoms with Crippen LogP contribution in [0.3, 0.4) is 0 Å². The molecular formula is C10H17ClN2O. The molecule has 2 fully saturated rings. The van der Waals surface area contributed by atoms with Crippen LogP contribution in [-0.2, 0) is 4.74 Å². The van der Waals surface area contributed by atoms with Crippen molar-refractivity contribution in [1.82, 2.24) is 10.2 Å². The van der Waals surface area contributed by atoms with Gasteiger partial charge in [0.15, 0.2) is 0 Å².